The standard InChI is InChI=1S/C11H20N4O2S/c1-9-12-7-11(13-9)18(16,17)15(3)10-5-4-6-14(2)8-10/h7,10H,4-6,8H2,1-3H3,(H,12,13). The predicted octanol–water partition coefficient (Wildman–Crippen LogP) is 0.433. The molecule has 1 aliphatic rings. The number of likely N-dealkylation sites (N-methyl/N-ethyl adjacent to an activating group) is 2. The lowest BCUT2D eigenvalue weighted by atomic mass is 10.1. The molecule has 102 valence electrons. The molecule has 1 aromatic heterocycles. The number of nitrogens with one attached hydrogen (secondary N) is 1. The van der Waals surface area contributed by atoms with Crippen LogP contribution in [-0.4, -0.2) is 60.8 Å². The maximum atomic E-state index is 12.4. The van der Waals surface area contributed by atoms with Crippen molar-refractivity contribution in [1.29, 1.82) is 0 Å². The number of sulfonamides is 1. The highest BCUT2D eigenvalue weighted by atomic mass is 32.2. The molecule has 0 radical (unpaired) electrons. The maximum absolute atomic E-state index is 12.4. The molecule has 0 aliphatic carbocycles. The lowest BCUT2D eigenvalue weighted by molar-refractivity contribution is 0.187. The summed E-state index contributed by atoms with van der Waals surface area (Å²) in [7, 11) is 0.216. The van der Waals surface area contributed by atoms with Gasteiger partial charge < -0.3 is 9.88 Å². The van der Waals surface area contributed by atoms with E-state index in [1.807, 2.05) is 7.05 Å². The predicted molar refractivity (Wildman–Crippen MR) is 68.8 cm³/mol. The largest absolute Gasteiger partial charge is 0.332 e. The zero-order chi connectivity index (χ0) is 13.3. The number of hydrogen-bond acceptors (Lipinski definition) is 4. The normalized spacial score (nSPS) is 22.6. The lowest BCUT2D eigenvalue weighted by Crippen LogP contribution is -2.47. The molecule has 6 nitrogen and oxygen atoms in total. The van der Waals surface area contributed by atoms with Gasteiger partial charge >= 0.3 is 0 Å². The summed E-state index contributed by atoms with van der Waals surface area (Å²) in [6.45, 7) is 3.56. The van der Waals surface area contributed by atoms with E-state index >= 15 is 0 Å². The second kappa shape index (κ2) is 4.99. The summed E-state index contributed by atoms with van der Waals surface area (Å²) in [6.07, 6.45) is 3.32. The topological polar surface area (TPSA) is 69.3 Å². The summed E-state index contributed by atoms with van der Waals surface area (Å²) in [5, 5.41) is 0.177. The molecule has 1 atom stereocenters. The molecule has 0 amide bonds. The molecule has 7 heteroatoms. The summed E-state index contributed by atoms with van der Waals surface area (Å²) < 4.78 is 26.2. The molecule has 1 fully saturated rings. The van der Waals surface area contributed by atoms with E-state index in [4.69, 9.17) is 0 Å². The van der Waals surface area contributed by atoms with Crippen molar-refractivity contribution in [1.82, 2.24) is 19.2 Å². The third kappa shape index (κ3) is 2.57. The van der Waals surface area contributed by atoms with Crippen molar-refractivity contribution in [2.24, 2.45) is 0 Å². The van der Waals surface area contributed by atoms with Crippen molar-refractivity contribution >= 4 is 10.0 Å². The van der Waals surface area contributed by atoms with E-state index in [2.05, 4.69) is 14.9 Å². The van der Waals surface area contributed by atoms with Crippen LogP contribution in [0.25, 0.3) is 0 Å². The summed E-state index contributed by atoms with van der Waals surface area (Å²) in [5.41, 5.74) is 0. The van der Waals surface area contributed by atoms with Crippen LogP contribution in [0.2, 0.25) is 0 Å². The van der Waals surface area contributed by atoms with Gasteiger partial charge in [0.05, 0.1) is 6.20 Å². The fraction of sp³-hybridized carbons (Fsp3) is 0.727. The minimum Gasteiger partial charge on any atom is -0.332 e. The van der Waals surface area contributed by atoms with E-state index in [0.29, 0.717) is 5.82 Å². The molecule has 1 unspecified atom stereocenters. The van der Waals surface area contributed by atoms with Gasteiger partial charge in [-0.2, -0.15) is 4.31 Å². The Morgan fingerprint density at radius 2 is 2.28 bits per heavy atom. The van der Waals surface area contributed by atoms with Crippen LogP contribution in [0.5, 0.6) is 0 Å². The van der Waals surface area contributed by atoms with Crippen molar-refractivity contribution in [3.63, 3.8) is 0 Å². The molecule has 2 heterocycles. The molecule has 1 N–H and O–H groups in total. The number of piperidine rings is 1. The Kier molecular flexibility index (Phi) is 3.74. The van der Waals surface area contributed by atoms with Crippen LogP contribution >= 0.6 is 0 Å². The monoisotopic (exact) mass is 272 g/mol. The fourth-order valence-electron chi connectivity index (χ4n) is 2.32. The Balaban J connectivity index is 2.19. The molecular formula is C11H20N4O2S. The van der Waals surface area contributed by atoms with Crippen LogP contribution in [0.4, 0.5) is 0 Å². The quantitative estimate of drug-likeness (QED) is 0.866. The van der Waals surface area contributed by atoms with Crippen LogP contribution in [0.3, 0.4) is 0 Å². The molecular weight excluding hydrogens is 252 g/mol. The fourth-order valence-corrected chi connectivity index (χ4v) is 3.65. The van der Waals surface area contributed by atoms with Gasteiger partial charge in [0.1, 0.15) is 5.82 Å². The van der Waals surface area contributed by atoms with Gasteiger partial charge in [-0.25, -0.2) is 13.4 Å². The summed E-state index contributed by atoms with van der Waals surface area (Å²) >= 11 is 0. The van der Waals surface area contributed by atoms with E-state index in [1.54, 1.807) is 14.0 Å². The SMILES string of the molecule is Cc1ncc(S(=O)(=O)N(C)C2CCCN(C)C2)[nH]1. The van der Waals surface area contributed by atoms with E-state index in [-0.39, 0.29) is 11.1 Å². The maximum Gasteiger partial charge on any atom is 0.260 e. The zero-order valence-electron chi connectivity index (χ0n) is 11.0. The third-order valence-corrected chi connectivity index (χ3v) is 5.27. The highest BCUT2D eigenvalue weighted by molar-refractivity contribution is 7.89. The number of aryl methyl sites for hydroxylation is 1. The molecule has 18 heavy (non-hydrogen) atoms. The average molecular weight is 272 g/mol. The van der Waals surface area contributed by atoms with E-state index < -0.39 is 10.0 Å². The van der Waals surface area contributed by atoms with Crippen LogP contribution in [0.15, 0.2) is 11.2 Å². The van der Waals surface area contributed by atoms with E-state index in [1.165, 1.54) is 10.5 Å². The molecule has 0 spiro atoms. The Morgan fingerprint density at radius 1 is 1.56 bits per heavy atom. The third-order valence-electron chi connectivity index (χ3n) is 3.45. The Morgan fingerprint density at radius 3 is 2.83 bits per heavy atom. The number of aromatic nitrogens is 2. The molecule has 1 aromatic rings. The smallest absolute Gasteiger partial charge is 0.260 e. The van der Waals surface area contributed by atoms with E-state index in [9.17, 15) is 8.42 Å². The summed E-state index contributed by atoms with van der Waals surface area (Å²) in [4.78, 5) is 8.91. The number of H-pyrrole nitrogens is 1. The van der Waals surface area contributed by atoms with Crippen molar-refractivity contribution < 1.29 is 8.42 Å². The number of likely N-dealkylation sites (tertiary alicyclic amines) is 1. The number of hydrogen-bond donors (Lipinski definition) is 1. The summed E-state index contributed by atoms with van der Waals surface area (Å²) in [5.74, 6) is 0.614. The first kappa shape index (κ1) is 13.5. The first-order valence-electron chi connectivity index (χ1n) is 6.09. The molecule has 0 aromatic carbocycles. The van der Waals surface area contributed by atoms with Gasteiger partial charge in [0.2, 0.25) is 0 Å². The molecule has 1 saturated heterocycles. The van der Waals surface area contributed by atoms with Crippen LogP contribution in [0.1, 0.15) is 18.7 Å². The Hall–Kier alpha value is -0.920. The van der Waals surface area contributed by atoms with Crippen LogP contribution in [-0.2, 0) is 10.0 Å². The van der Waals surface area contributed by atoms with Crippen molar-refractivity contribution in [3.8, 4) is 0 Å². The molecule has 0 saturated carbocycles. The van der Waals surface area contributed by atoms with Crippen LogP contribution < -0.4 is 0 Å². The van der Waals surface area contributed by atoms with Gasteiger partial charge in [-0.3, -0.25) is 0 Å². The highest BCUT2D eigenvalue weighted by Gasteiger charge is 2.31. The van der Waals surface area contributed by atoms with Gasteiger partial charge in [-0.15, -0.1) is 0 Å². The molecule has 1 aliphatic heterocycles. The lowest BCUT2D eigenvalue weighted by Gasteiger charge is -2.34. The van der Waals surface area contributed by atoms with E-state index in [0.717, 1.165) is 25.9 Å². The average Bonchev–Trinajstić information content (AvgIpc) is 2.75. The van der Waals surface area contributed by atoms with Crippen molar-refractivity contribution in [2.75, 3.05) is 27.2 Å². The number of imidazole rings is 1. The van der Waals surface area contributed by atoms with Gasteiger partial charge in [0, 0.05) is 19.6 Å². The number of aromatic amines is 1. The summed E-state index contributed by atoms with van der Waals surface area (Å²) in [6, 6.07) is 0.0392. The molecule has 2 rings (SSSR count). The second-order valence-electron chi connectivity index (χ2n) is 4.91. The Labute approximate surface area is 108 Å². The van der Waals surface area contributed by atoms with Gasteiger partial charge in [-0.05, 0) is 33.4 Å². The minimum absolute atomic E-state index is 0.0392. The van der Waals surface area contributed by atoms with Gasteiger partial charge in [0.25, 0.3) is 10.0 Å². The molecule has 0 bridgehead atoms. The van der Waals surface area contributed by atoms with Gasteiger partial charge in [0.15, 0.2) is 5.03 Å². The van der Waals surface area contributed by atoms with Crippen LogP contribution in [0, 0.1) is 6.92 Å². The minimum atomic E-state index is -3.45. The van der Waals surface area contributed by atoms with Gasteiger partial charge in [-0.1, -0.05) is 0 Å². The van der Waals surface area contributed by atoms with Crippen molar-refractivity contribution in [2.45, 2.75) is 30.8 Å². The zero-order valence-corrected chi connectivity index (χ0v) is 11.9. The van der Waals surface area contributed by atoms with Crippen molar-refractivity contribution in [3.05, 3.63) is 12.0 Å². The first-order chi connectivity index (χ1) is 8.41. The number of rotatable bonds is 3. The Bertz CT molecular complexity index is 511. The number of nitrogens with zero attached hydrogens (tertiary/aromatic N) is 3. The second-order valence-corrected chi connectivity index (χ2v) is 6.88. The highest BCUT2D eigenvalue weighted by Crippen LogP contribution is 2.20. The first-order valence-corrected chi connectivity index (χ1v) is 7.53.